The molecule has 1 aromatic carbocycles. The number of hydrogen-bond donors (Lipinski definition) is 0. The zero-order chi connectivity index (χ0) is 14.9. The Morgan fingerprint density at radius 3 is 2.60 bits per heavy atom. The summed E-state index contributed by atoms with van der Waals surface area (Å²) in [5.74, 6) is 0. The lowest BCUT2D eigenvalue weighted by molar-refractivity contribution is 0.246. The van der Waals surface area contributed by atoms with Gasteiger partial charge in [-0.25, -0.2) is 0 Å². The molecule has 2 rings (SSSR count). The molecular weight excluding hydrogens is 338 g/mol. The molecule has 1 heterocycles. The first-order valence-corrected chi connectivity index (χ1v) is 7.71. The van der Waals surface area contributed by atoms with Crippen LogP contribution in [0, 0.1) is 6.92 Å². The van der Waals surface area contributed by atoms with Gasteiger partial charge in [-0.15, -0.1) is 0 Å². The summed E-state index contributed by atoms with van der Waals surface area (Å²) in [5, 5.41) is 5.24. The van der Waals surface area contributed by atoms with E-state index < -0.39 is 0 Å². The minimum Gasteiger partial charge on any atom is -0.294 e. The van der Waals surface area contributed by atoms with Crippen LogP contribution < -0.4 is 0 Å². The molecular formula is C15H19BrClN3. The third kappa shape index (κ3) is 3.08. The number of aromatic nitrogens is 2. The molecule has 0 spiro atoms. The third-order valence-electron chi connectivity index (χ3n) is 3.68. The van der Waals surface area contributed by atoms with Gasteiger partial charge in [0.1, 0.15) is 0 Å². The first kappa shape index (κ1) is 15.5. The molecule has 0 fully saturated rings. The fourth-order valence-electron chi connectivity index (χ4n) is 2.28. The maximum atomic E-state index is 6.28. The summed E-state index contributed by atoms with van der Waals surface area (Å²) in [6, 6.07) is 8.24. The molecule has 0 aliphatic carbocycles. The molecule has 5 heteroatoms. The summed E-state index contributed by atoms with van der Waals surface area (Å²) in [5.41, 5.74) is 3.33. The summed E-state index contributed by atoms with van der Waals surface area (Å²) in [6.45, 7) is 4.98. The topological polar surface area (TPSA) is 21.1 Å². The van der Waals surface area contributed by atoms with Crippen LogP contribution in [0.4, 0.5) is 0 Å². The first-order valence-electron chi connectivity index (χ1n) is 6.54. The van der Waals surface area contributed by atoms with Crippen LogP contribution in [0.25, 0.3) is 0 Å². The predicted molar refractivity (Wildman–Crippen MR) is 87.0 cm³/mol. The fourth-order valence-corrected chi connectivity index (χ4v) is 3.03. The molecule has 1 aromatic heterocycles. The van der Waals surface area contributed by atoms with E-state index in [0.29, 0.717) is 0 Å². The number of nitrogens with zero attached hydrogens (tertiary/aromatic N) is 3. The van der Waals surface area contributed by atoms with Crippen molar-refractivity contribution in [2.45, 2.75) is 26.4 Å². The number of benzene rings is 1. The van der Waals surface area contributed by atoms with E-state index in [4.69, 9.17) is 11.6 Å². The van der Waals surface area contributed by atoms with E-state index >= 15 is 0 Å². The summed E-state index contributed by atoms with van der Waals surface area (Å²) in [7, 11) is 4.07. The van der Waals surface area contributed by atoms with Crippen LogP contribution in [0.15, 0.2) is 28.7 Å². The number of halogens is 2. The van der Waals surface area contributed by atoms with Crippen molar-refractivity contribution in [3.05, 3.63) is 50.7 Å². The van der Waals surface area contributed by atoms with Crippen molar-refractivity contribution < 1.29 is 0 Å². The Labute approximate surface area is 133 Å². The monoisotopic (exact) mass is 355 g/mol. The van der Waals surface area contributed by atoms with Crippen molar-refractivity contribution in [3.8, 4) is 0 Å². The molecule has 1 unspecified atom stereocenters. The van der Waals surface area contributed by atoms with Gasteiger partial charge in [-0.1, -0.05) is 29.8 Å². The minimum atomic E-state index is 0.241. The van der Waals surface area contributed by atoms with Crippen molar-refractivity contribution in [3.63, 3.8) is 0 Å². The molecule has 0 N–H and O–H groups in total. The van der Waals surface area contributed by atoms with Gasteiger partial charge in [0.25, 0.3) is 0 Å². The molecule has 20 heavy (non-hydrogen) atoms. The fraction of sp³-hybridized carbons (Fsp3) is 0.400. The van der Waals surface area contributed by atoms with E-state index in [1.807, 2.05) is 36.9 Å². The quantitative estimate of drug-likeness (QED) is 0.812. The molecule has 0 saturated carbocycles. The molecule has 0 aliphatic heterocycles. The molecule has 3 nitrogen and oxygen atoms in total. The SMILES string of the molecule is Cc1nn(C)c(CN(C)C(C)c2ccccc2Cl)c1Br. The molecule has 0 bridgehead atoms. The number of aryl methyl sites for hydroxylation is 2. The van der Waals surface area contributed by atoms with E-state index in [9.17, 15) is 0 Å². The second-order valence-corrected chi connectivity index (χ2v) is 6.28. The van der Waals surface area contributed by atoms with Crippen molar-refractivity contribution in [1.82, 2.24) is 14.7 Å². The number of rotatable bonds is 4. The Morgan fingerprint density at radius 1 is 1.40 bits per heavy atom. The average Bonchev–Trinajstić information content (AvgIpc) is 2.65. The van der Waals surface area contributed by atoms with Crippen LogP contribution in [0.2, 0.25) is 5.02 Å². The highest BCUT2D eigenvalue weighted by atomic mass is 79.9. The Bertz CT molecular complexity index is 609. The van der Waals surface area contributed by atoms with Crippen LogP contribution in [0.1, 0.15) is 29.9 Å². The highest BCUT2D eigenvalue weighted by Crippen LogP contribution is 2.29. The van der Waals surface area contributed by atoms with Gasteiger partial charge in [0.05, 0.1) is 15.9 Å². The van der Waals surface area contributed by atoms with Gasteiger partial charge in [-0.2, -0.15) is 5.10 Å². The molecule has 0 amide bonds. The van der Waals surface area contributed by atoms with E-state index in [0.717, 1.165) is 27.3 Å². The summed E-state index contributed by atoms with van der Waals surface area (Å²) >= 11 is 9.89. The summed E-state index contributed by atoms with van der Waals surface area (Å²) in [4.78, 5) is 2.27. The van der Waals surface area contributed by atoms with Crippen molar-refractivity contribution >= 4 is 27.5 Å². The zero-order valence-electron chi connectivity index (χ0n) is 12.2. The summed E-state index contributed by atoms with van der Waals surface area (Å²) in [6.07, 6.45) is 0. The summed E-state index contributed by atoms with van der Waals surface area (Å²) < 4.78 is 3.01. The maximum absolute atomic E-state index is 6.28. The van der Waals surface area contributed by atoms with Crippen molar-refractivity contribution in [2.75, 3.05) is 7.05 Å². The van der Waals surface area contributed by atoms with Gasteiger partial charge in [-0.05, 0) is 48.5 Å². The van der Waals surface area contributed by atoms with Crippen LogP contribution >= 0.6 is 27.5 Å². The highest BCUT2D eigenvalue weighted by molar-refractivity contribution is 9.10. The van der Waals surface area contributed by atoms with Crippen molar-refractivity contribution in [2.24, 2.45) is 7.05 Å². The Hall–Kier alpha value is -0.840. The first-order chi connectivity index (χ1) is 9.41. The molecule has 1 atom stereocenters. The Kier molecular flexibility index (Phi) is 4.89. The van der Waals surface area contributed by atoms with Gasteiger partial charge < -0.3 is 0 Å². The second kappa shape index (κ2) is 6.29. The highest BCUT2D eigenvalue weighted by Gasteiger charge is 2.18. The van der Waals surface area contributed by atoms with Gasteiger partial charge >= 0.3 is 0 Å². The lowest BCUT2D eigenvalue weighted by atomic mass is 10.1. The van der Waals surface area contributed by atoms with Gasteiger partial charge in [0.15, 0.2) is 0 Å². The predicted octanol–water partition coefficient (Wildman–Crippen LogP) is 4.34. The van der Waals surface area contributed by atoms with E-state index in [1.165, 1.54) is 5.69 Å². The minimum absolute atomic E-state index is 0.241. The van der Waals surface area contributed by atoms with Gasteiger partial charge in [0, 0.05) is 24.7 Å². The largest absolute Gasteiger partial charge is 0.294 e. The normalized spacial score (nSPS) is 12.9. The van der Waals surface area contributed by atoms with Crippen LogP contribution in [0.5, 0.6) is 0 Å². The van der Waals surface area contributed by atoms with Gasteiger partial charge in [0.2, 0.25) is 0 Å². The second-order valence-electron chi connectivity index (χ2n) is 5.08. The Morgan fingerprint density at radius 2 is 2.05 bits per heavy atom. The van der Waals surface area contributed by atoms with Gasteiger partial charge in [-0.3, -0.25) is 9.58 Å². The average molecular weight is 357 g/mol. The van der Waals surface area contributed by atoms with E-state index in [-0.39, 0.29) is 6.04 Å². The molecule has 0 aliphatic rings. The molecule has 108 valence electrons. The molecule has 2 aromatic rings. The molecule has 0 saturated heterocycles. The smallest absolute Gasteiger partial charge is 0.0739 e. The van der Waals surface area contributed by atoms with Crippen LogP contribution in [-0.2, 0) is 13.6 Å². The Balaban J connectivity index is 2.20. The van der Waals surface area contributed by atoms with Crippen LogP contribution in [0.3, 0.4) is 0 Å². The lowest BCUT2D eigenvalue weighted by Gasteiger charge is -2.26. The standard InChI is InChI=1S/C15H19BrClN3/c1-10-15(16)14(20(4)18-10)9-19(3)11(2)12-7-5-6-8-13(12)17/h5-8,11H,9H2,1-4H3. The van der Waals surface area contributed by atoms with E-state index in [2.05, 4.69) is 46.0 Å². The number of hydrogen-bond acceptors (Lipinski definition) is 2. The zero-order valence-corrected chi connectivity index (χ0v) is 14.5. The lowest BCUT2D eigenvalue weighted by Crippen LogP contribution is -2.23. The van der Waals surface area contributed by atoms with Crippen molar-refractivity contribution in [1.29, 1.82) is 0 Å². The maximum Gasteiger partial charge on any atom is 0.0739 e. The third-order valence-corrected chi connectivity index (χ3v) is 5.05. The van der Waals surface area contributed by atoms with E-state index in [1.54, 1.807) is 0 Å². The van der Waals surface area contributed by atoms with Crippen LogP contribution in [-0.4, -0.2) is 21.7 Å². The molecule has 0 radical (unpaired) electrons.